The summed E-state index contributed by atoms with van der Waals surface area (Å²) in [5.74, 6) is -0.139. The maximum absolute atomic E-state index is 12.2. The van der Waals surface area contributed by atoms with E-state index in [0.29, 0.717) is 5.69 Å². The molecule has 2 heterocycles. The average molecular weight is 361 g/mol. The van der Waals surface area contributed by atoms with Crippen LogP contribution < -0.4 is 5.32 Å². The Labute approximate surface area is 149 Å². The van der Waals surface area contributed by atoms with Gasteiger partial charge in [-0.15, -0.1) is 11.3 Å². The third-order valence-electron chi connectivity index (χ3n) is 3.76. The smallest absolute Gasteiger partial charge is 0.238 e. The molecule has 0 saturated heterocycles. The van der Waals surface area contributed by atoms with Crippen molar-refractivity contribution in [3.05, 3.63) is 52.8 Å². The second-order valence-electron chi connectivity index (χ2n) is 5.50. The molecule has 7 heteroatoms. The van der Waals surface area contributed by atoms with Crippen molar-refractivity contribution in [3.8, 4) is 0 Å². The minimum atomic E-state index is -0.139. The fourth-order valence-electron chi connectivity index (χ4n) is 2.29. The summed E-state index contributed by atoms with van der Waals surface area (Å²) < 4.78 is 1.15. The molecule has 3 aromatic rings. The zero-order valence-corrected chi connectivity index (χ0v) is 14.9. The van der Waals surface area contributed by atoms with Crippen LogP contribution in [0.2, 0.25) is 5.15 Å². The molecule has 1 atom stereocenters. The molecule has 24 heavy (non-hydrogen) atoms. The molecule has 0 aliphatic heterocycles. The van der Waals surface area contributed by atoms with Crippen molar-refractivity contribution in [1.82, 2.24) is 14.9 Å². The first-order valence-electron chi connectivity index (χ1n) is 7.50. The highest BCUT2D eigenvalue weighted by atomic mass is 35.5. The topological polar surface area (TPSA) is 58.1 Å². The third-order valence-corrected chi connectivity index (χ3v) is 5.26. The molecule has 0 bridgehead atoms. The van der Waals surface area contributed by atoms with E-state index in [0.717, 1.165) is 15.2 Å². The Kier molecular flexibility index (Phi) is 5.08. The lowest BCUT2D eigenvalue weighted by Gasteiger charge is -2.22. The van der Waals surface area contributed by atoms with Crippen LogP contribution in [0.1, 0.15) is 18.0 Å². The monoisotopic (exact) mass is 360 g/mol. The molecular formula is C17H17ClN4OS. The molecule has 124 valence electrons. The number of carbonyl (C=O) groups is 1. The van der Waals surface area contributed by atoms with E-state index in [1.54, 1.807) is 29.7 Å². The number of halogens is 1. The summed E-state index contributed by atoms with van der Waals surface area (Å²) in [6, 6.07) is 11.5. The number of para-hydroxylation sites is 1. The molecule has 2 aromatic heterocycles. The molecule has 1 N–H and O–H groups in total. The molecule has 1 amide bonds. The number of likely N-dealkylation sites (N-methyl/N-ethyl adjacent to an activating group) is 1. The minimum Gasteiger partial charge on any atom is -0.322 e. The number of thiazole rings is 1. The van der Waals surface area contributed by atoms with Gasteiger partial charge in [0.15, 0.2) is 5.15 Å². The van der Waals surface area contributed by atoms with Crippen LogP contribution >= 0.6 is 22.9 Å². The van der Waals surface area contributed by atoms with Crippen molar-refractivity contribution in [3.63, 3.8) is 0 Å². The Morgan fingerprint density at radius 3 is 2.88 bits per heavy atom. The Bertz CT molecular complexity index is 833. The van der Waals surface area contributed by atoms with Gasteiger partial charge in [-0.05, 0) is 38.2 Å². The SMILES string of the molecule is C[C@H](c1nc2ccccc2s1)N(C)CC(=O)Nc1cccnc1Cl. The lowest BCUT2D eigenvalue weighted by molar-refractivity contribution is -0.117. The Morgan fingerprint density at radius 2 is 2.12 bits per heavy atom. The van der Waals surface area contributed by atoms with Crippen LogP contribution in [0, 0.1) is 0 Å². The molecule has 0 spiro atoms. The van der Waals surface area contributed by atoms with Gasteiger partial charge in [0.2, 0.25) is 5.91 Å². The largest absolute Gasteiger partial charge is 0.322 e. The van der Waals surface area contributed by atoms with E-state index in [-0.39, 0.29) is 23.6 Å². The highest BCUT2D eigenvalue weighted by Gasteiger charge is 2.19. The number of nitrogens with zero attached hydrogens (tertiary/aromatic N) is 3. The lowest BCUT2D eigenvalue weighted by atomic mass is 10.3. The molecule has 5 nitrogen and oxygen atoms in total. The Morgan fingerprint density at radius 1 is 1.33 bits per heavy atom. The van der Waals surface area contributed by atoms with Crippen LogP contribution in [-0.4, -0.2) is 34.4 Å². The van der Waals surface area contributed by atoms with Gasteiger partial charge >= 0.3 is 0 Å². The van der Waals surface area contributed by atoms with Crippen molar-refractivity contribution >= 4 is 44.7 Å². The normalized spacial score (nSPS) is 12.5. The number of hydrogen-bond acceptors (Lipinski definition) is 5. The van der Waals surface area contributed by atoms with E-state index in [1.165, 1.54) is 0 Å². The summed E-state index contributed by atoms with van der Waals surface area (Å²) in [5.41, 5.74) is 1.51. The minimum absolute atomic E-state index is 0.0394. The number of pyridine rings is 1. The molecule has 0 saturated carbocycles. The van der Waals surface area contributed by atoms with Crippen molar-refractivity contribution in [2.45, 2.75) is 13.0 Å². The first-order chi connectivity index (χ1) is 11.5. The van der Waals surface area contributed by atoms with Crippen molar-refractivity contribution < 1.29 is 4.79 Å². The molecule has 0 aliphatic rings. The summed E-state index contributed by atoms with van der Waals surface area (Å²) in [7, 11) is 1.90. The maximum Gasteiger partial charge on any atom is 0.238 e. The quantitative estimate of drug-likeness (QED) is 0.699. The number of anilines is 1. The van der Waals surface area contributed by atoms with E-state index in [4.69, 9.17) is 11.6 Å². The number of fused-ring (bicyclic) bond motifs is 1. The fraction of sp³-hybridized carbons (Fsp3) is 0.235. The van der Waals surface area contributed by atoms with Crippen LogP contribution in [0.4, 0.5) is 5.69 Å². The van der Waals surface area contributed by atoms with Crippen LogP contribution in [0.15, 0.2) is 42.6 Å². The van der Waals surface area contributed by atoms with Gasteiger partial charge in [-0.3, -0.25) is 9.69 Å². The number of amides is 1. The van der Waals surface area contributed by atoms with Crippen LogP contribution in [0.5, 0.6) is 0 Å². The lowest BCUT2D eigenvalue weighted by Crippen LogP contribution is -2.32. The van der Waals surface area contributed by atoms with Crippen molar-refractivity contribution in [2.75, 3.05) is 18.9 Å². The van der Waals surface area contributed by atoms with E-state index >= 15 is 0 Å². The third kappa shape index (κ3) is 3.72. The summed E-state index contributed by atoms with van der Waals surface area (Å²) in [6.45, 7) is 2.28. The van der Waals surface area contributed by atoms with Gasteiger partial charge < -0.3 is 5.32 Å². The first kappa shape index (κ1) is 16.8. The standard InChI is InChI=1S/C17H17ClN4OS/c1-11(17-21-12-6-3-4-8-14(12)24-17)22(2)10-15(23)20-13-7-5-9-19-16(13)18/h3-9,11H,10H2,1-2H3,(H,20,23)/t11-/m1/s1. The van der Waals surface area contributed by atoms with Gasteiger partial charge in [-0.1, -0.05) is 23.7 Å². The van der Waals surface area contributed by atoms with Crippen LogP contribution in [0.3, 0.4) is 0 Å². The number of carbonyl (C=O) groups excluding carboxylic acids is 1. The molecular weight excluding hydrogens is 344 g/mol. The van der Waals surface area contributed by atoms with Crippen molar-refractivity contribution in [1.29, 1.82) is 0 Å². The number of nitrogens with one attached hydrogen (secondary N) is 1. The zero-order chi connectivity index (χ0) is 17.1. The molecule has 1 aromatic carbocycles. The maximum atomic E-state index is 12.2. The molecule has 0 unspecified atom stereocenters. The van der Waals surface area contributed by atoms with E-state index < -0.39 is 0 Å². The number of rotatable bonds is 5. The number of hydrogen-bond donors (Lipinski definition) is 1. The highest BCUT2D eigenvalue weighted by Crippen LogP contribution is 2.28. The van der Waals surface area contributed by atoms with E-state index in [9.17, 15) is 4.79 Å². The van der Waals surface area contributed by atoms with Crippen LogP contribution in [0.25, 0.3) is 10.2 Å². The predicted octanol–water partition coefficient (Wildman–Crippen LogP) is 3.98. The van der Waals surface area contributed by atoms with E-state index in [1.807, 2.05) is 37.1 Å². The predicted molar refractivity (Wildman–Crippen MR) is 98.5 cm³/mol. The van der Waals surface area contributed by atoms with E-state index in [2.05, 4.69) is 21.4 Å². The summed E-state index contributed by atoms with van der Waals surface area (Å²) in [6.07, 6.45) is 1.58. The van der Waals surface area contributed by atoms with Crippen LogP contribution in [-0.2, 0) is 4.79 Å². The molecule has 3 rings (SSSR count). The number of benzene rings is 1. The summed E-state index contributed by atoms with van der Waals surface area (Å²) in [5, 5.41) is 4.06. The second kappa shape index (κ2) is 7.25. The average Bonchev–Trinajstić information content (AvgIpc) is 3.00. The fourth-order valence-corrected chi connectivity index (χ4v) is 3.54. The molecule has 0 aliphatic carbocycles. The van der Waals surface area contributed by atoms with Crippen molar-refractivity contribution in [2.24, 2.45) is 0 Å². The zero-order valence-electron chi connectivity index (χ0n) is 13.4. The second-order valence-corrected chi connectivity index (χ2v) is 6.92. The van der Waals surface area contributed by atoms with Gasteiger partial charge in [0.1, 0.15) is 5.01 Å². The Hall–Kier alpha value is -2.02. The van der Waals surface area contributed by atoms with Gasteiger partial charge in [0.05, 0.1) is 28.5 Å². The molecule has 0 radical (unpaired) electrons. The highest BCUT2D eigenvalue weighted by molar-refractivity contribution is 7.18. The van der Waals surface area contributed by atoms with Gasteiger partial charge in [-0.2, -0.15) is 0 Å². The van der Waals surface area contributed by atoms with Gasteiger partial charge in [-0.25, -0.2) is 9.97 Å². The number of aromatic nitrogens is 2. The summed E-state index contributed by atoms with van der Waals surface area (Å²) >= 11 is 7.61. The Balaban J connectivity index is 1.66. The van der Waals surface area contributed by atoms with Gasteiger partial charge in [0.25, 0.3) is 0 Å². The molecule has 0 fully saturated rings. The first-order valence-corrected chi connectivity index (χ1v) is 8.70. The van der Waals surface area contributed by atoms with Gasteiger partial charge in [0, 0.05) is 6.20 Å². The summed E-state index contributed by atoms with van der Waals surface area (Å²) in [4.78, 5) is 22.8.